The Kier molecular flexibility index (Phi) is 6.50. The van der Waals surface area contributed by atoms with Crippen molar-refractivity contribution < 1.29 is 13.6 Å². The van der Waals surface area contributed by atoms with E-state index in [1.54, 1.807) is 24.3 Å². The highest BCUT2D eigenvalue weighted by Crippen LogP contribution is 2.23. The summed E-state index contributed by atoms with van der Waals surface area (Å²) in [7, 11) is 0. The third kappa shape index (κ3) is 5.02. The molecule has 3 nitrogen and oxygen atoms in total. The molecule has 28 heavy (non-hydrogen) atoms. The van der Waals surface area contributed by atoms with Crippen LogP contribution in [0.2, 0.25) is 0 Å². The third-order valence-electron chi connectivity index (χ3n) is 4.55. The van der Waals surface area contributed by atoms with E-state index in [1.165, 1.54) is 24.3 Å². The van der Waals surface area contributed by atoms with Crippen LogP contribution in [0, 0.1) is 11.6 Å². The maximum atomic E-state index is 13.3. The molecule has 144 valence electrons. The Bertz CT molecular complexity index is 879. The monoisotopic (exact) mass is 380 g/mol. The van der Waals surface area contributed by atoms with Gasteiger partial charge in [0.05, 0.1) is 12.6 Å². The van der Waals surface area contributed by atoms with Gasteiger partial charge in [-0.05, 0) is 53.4 Å². The molecule has 1 amide bonds. The zero-order chi connectivity index (χ0) is 19.9. The molecule has 0 saturated carbocycles. The molecule has 3 rings (SSSR count). The largest absolute Gasteiger partial charge is 0.325 e. The molecule has 3 aromatic carbocycles. The van der Waals surface area contributed by atoms with E-state index in [0.717, 1.165) is 28.8 Å². The number of anilines is 1. The van der Waals surface area contributed by atoms with Crippen LogP contribution < -0.4 is 10.6 Å². The van der Waals surface area contributed by atoms with E-state index < -0.39 is 0 Å². The molecule has 0 bridgehead atoms. The van der Waals surface area contributed by atoms with Crippen LogP contribution >= 0.6 is 0 Å². The minimum absolute atomic E-state index is 0.0530. The molecule has 0 spiro atoms. The molecule has 0 atom stereocenters. The number of nitrogens with one attached hydrogen (secondary N) is 2. The minimum Gasteiger partial charge on any atom is -0.325 e. The van der Waals surface area contributed by atoms with E-state index in [2.05, 4.69) is 10.6 Å². The fourth-order valence-electron chi connectivity index (χ4n) is 3.08. The maximum absolute atomic E-state index is 13.3. The lowest BCUT2D eigenvalue weighted by atomic mass is 9.98. The van der Waals surface area contributed by atoms with Gasteiger partial charge in [0.2, 0.25) is 5.91 Å². The van der Waals surface area contributed by atoms with Crippen LogP contribution in [0.3, 0.4) is 0 Å². The average Bonchev–Trinajstić information content (AvgIpc) is 2.71. The molecular formula is C23H22F2N2O. The van der Waals surface area contributed by atoms with Gasteiger partial charge in [-0.1, -0.05) is 49.4 Å². The van der Waals surface area contributed by atoms with Crippen LogP contribution in [0.25, 0.3) is 0 Å². The van der Waals surface area contributed by atoms with Crippen molar-refractivity contribution in [1.82, 2.24) is 5.32 Å². The molecule has 0 aromatic heterocycles. The molecule has 0 radical (unpaired) electrons. The molecule has 0 saturated heterocycles. The van der Waals surface area contributed by atoms with Crippen LogP contribution in [0.1, 0.15) is 29.7 Å². The highest BCUT2D eigenvalue weighted by molar-refractivity contribution is 5.93. The SMILES string of the molecule is CCc1ccccc1NC(=O)CNC(c1ccc(F)cc1)c1ccc(F)cc1. The minimum atomic E-state index is -0.367. The number of rotatable bonds is 7. The van der Waals surface area contributed by atoms with E-state index >= 15 is 0 Å². The number of aryl methyl sites for hydroxylation is 1. The Morgan fingerprint density at radius 1 is 0.857 bits per heavy atom. The van der Waals surface area contributed by atoms with Gasteiger partial charge in [-0.25, -0.2) is 8.78 Å². The highest BCUT2D eigenvalue weighted by atomic mass is 19.1. The van der Waals surface area contributed by atoms with Crippen molar-refractivity contribution in [2.45, 2.75) is 19.4 Å². The van der Waals surface area contributed by atoms with Crippen molar-refractivity contribution in [2.75, 3.05) is 11.9 Å². The van der Waals surface area contributed by atoms with Gasteiger partial charge in [0.25, 0.3) is 0 Å². The predicted octanol–water partition coefficient (Wildman–Crippen LogP) is 4.84. The van der Waals surface area contributed by atoms with E-state index in [0.29, 0.717) is 0 Å². The number of para-hydroxylation sites is 1. The highest BCUT2D eigenvalue weighted by Gasteiger charge is 2.16. The van der Waals surface area contributed by atoms with Gasteiger partial charge >= 0.3 is 0 Å². The van der Waals surface area contributed by atoms with Crippen molar-refractivity contribution in [1.29, 1.82) is 0 Å². The Balaban J connectivity index is 1.75. The van der Waals surface area contributed by atoms with E-state index in [4.69, 9.17) is 0 Å². The van der Waals surface area contributed by atoms with E-state index in [1.807, 2.05) is 31.2 Å². The van der Waals surface area contributed by atoms with Gasteiger partial charge in [0.1, 0.15) is 11.6 Å². The lowest BCUT2D eigenvalue weighted by molar-refractivity contribution is -0.115. The molecule has 3 aromatic rings. The average molecular weight is 380 g/mol. The number of hydrogen-bond donors (Lipinski definition) is 2. The summed E-state index contributed by atoms with van der Waals surface area (Å²) in [6.07, 6.45) is 0.817. The van der Waals surface area contributed by atoms with Crippen molar-refractivity contribution in [2.24, 2.45) is 0 Å². The number of amides is 1. The van der Waals surface area contributed by atoms with Gasteiger partial charge in [-0.3, -0.25) is 10.1 Å². The second kappa shape index (κ2) is 9.24. The number of carbonyl (C=O) groups is 1. The molecule has 0 unspecified atom stereocenters. The van der Waals surface area contributed by atoms with E-state index in [9.17, 15) is 13.6 Å². The second-order valence-electron chi connectivity index (χ2n) is 6.48. The summed E-state index contributed by atoms with van der Waals surface area (Å²) in [6.45, 7) is 2.08. The number of benzene rings is 3. The lowest BCUT2D eigenvalue weighted by Gasteiger charge is -2.20. The third-order valence-corrected chi connectivity index (χ3v) is 4.55. The van der Waals surface area contributed by atoms with E-state index in [-0.39, 0.29) is 30.1 Å². The summed E-state index contributed by atoms with van der Waals surface area (Å²) in [4.78, 5) is 12.5. The van der Waals surface area contributed by atoms with Crippen LogP contribution in [0.4, 0.5) is 14.5 Å². The van der Waals surface area contributed by atoms with Crippen molar-refractivity contribution in [3.63, 3.8) is 0 Å². The first kappa shape index (κ1) is 19.7. The van der Waals surface area contributed by atoms with Gasteiger partial charge in [-0.2, -0.15) is 0 Å². The fourth-order valence-corrected chi connectivity index (χ4v) is 3.08. The van der Waals surface area contributed by atoms with Gasteiger partial charge in [-0.15, -0.1) is 0 Å². The van der Waals surface area contributed by atoms with Gasteiger partial charge < -0.3 is 5.32 Å². The molecule has 0 fully saturated rings. The first-order valence-electron chi connectivity index (χ1n) is 9.19. The van der Waals surface area contributed by atoms with Crippen LogP contribution in [0.15, 0.2) is 72.8 Å². The van der Waals surface area contributed by atoms with Crippen molar-refractivity contribution in [3.05, 3.63) is 101 Å². The molecular weight excluding hydrogens is 358 g/mol. The first-order valence-corrected chi connectivity index (χ1v) is 9.19. The second-order valence-corrected chi connectivity index (χ2v) is 6.48. The topological polar surface area (TPSA) is 41.1 Å². The Morgan fingerprint density at radius 3 is 1.93 bits per heavy atom. The number of hydrogen-bond acceptors (Lipinski definition) is 2. The standard InChI is InChI=1S/C23H22F2N2O/c1-2-16-5-3-4-6-21(16)27-22(28)15-26-23(17-7-11-19(24)12-8-17)18-9-13-20(25)14-10-18/h3-14,23,26H,2,15H2,1H3,(H,27,28). The number of halogens is 2. The predicted molar refractivity (Wildman–Crippen MR) is 107 cm³/mol. The van der Waals surface area contributed by atoms with Gasteiger partial charge in [0.15, 0.2) is 0 Å². The van der Waals surface area contributed by atoms with Gasteiger partial charge in [0, 0.05) is 5.69 Å². The maximum Gasteiger partial charge on any atom is 0.238 e. The Labute approximate surface area is 163 Å². The summed E-state index contributed by atoms with van der Waals surface area (Å²) in [5.41, 5.74) is 3.42. The normalized spacial score (nSPS) is 10.9. The molecule has 2 N–H and O–H groups in total. The fraction of sp³-hybridized carbons (Fsp3) is 0.174. The van der Waals surface area contributed by atoms with Crippen molar-refractivity contribution in [3.8, 4) is 0 Å². The van der Waals surface area contributed by atoms with Crippen LogP contribution in [0.5, 0.6) is 0 Å². The van der Waals surface area contributed by atoms with Crippen LogP contribution in [-0.2, 0) is 11.2 Å². The zero-order valence-corrected chi connectivity index (χ0v) is 15.6. The Morgan fingerprint density at radius 2 is 1.39 bits per heavy atom. The summed E-state index contributed by atoms with van der Waals surface area (Å²) >= 11 is 0. The Hall–Kier alpha value is -3.05. The summed E-state index contributed by atoms with van der Waals surface area (Å²) < 4.78 is 26.6. The smallest absolute Gasteiger partial charge is 0.238 e. The molecule has 0 aliphatic heterocycles. The quantitative estimate of drug-likeness (QED) is 0.616. The van der Waals surface area contributed by atoms with Crippen LogP contribution in [-0.4, -0.2) is 12.5 Å². The molecule has 0 aliphatic carbocycles. The molecule has 0 aliphatic rings. The molecule has 5 heteroatoms. The summed E-state index contributed by atoms with van der Waals surface area (Å²) in [5.74, 6) is -0.860. The summed E-state index contributed by atoms with van der Waals surface area (Å²) in [6, 6.07) is 19.4. The first-order chi connectivity index (χ1) is 13.6. The lowest BCUT2D eigenvalue weighted by Crippen LogP contribution is -2.32. The summed E-state index contributed by atoms with van der Waals surface area (Å²) in [5, 5.41) is 6.11. The van der Waals surface area contributed by atoms with Crippen molar-refractivity contribution >= 4 is 11.6 Å². The zero-order valence-electron chi connectivity index (χ0n) is 15.6. The number of carbonyl (C=O) groups excluding carboxylic acids is 1. The molecule has 0 heterocycles.